The SMILES string of the molecule is COc1cc(N2CCOCC2)ccc1N=C(N)N.Cl. The Bertz CT molecular complexity index is 443. The predicted octanol–water partition coefficient (Wildman–Crippen LogP) is 0.859. The Morgan fingerprint density at radius 3 is 2.58 bits per heavy atom. The van der Waals surface area contributed by atoms with E-state index in [-0.39, 0.29) is 18.4 Å². The highest BCUT2D eigenvalue weighted by atomic mass is 35.5. The number of guanidine groups is 1. The zero-order valence-electron chi connectivity index (χ0n) is 10.8. The predicted molar refractivity (Wildman–Crippen MR) is 78.7 cm³/mol. The molecule has 0 unspecified atom stereocenters. The summed E-state index contributed by atoms with van der Waals surface area (Å²) in [5.74, 6) is 0.680. The smallest absolute Gasteiger partial charge is 0.191 e. The summed E-state index contributed by atoms with van der Waals surface area (Å²) >= 11 is 0. The van der Waals surface area contributed by atoms with Gasteiger partial charge in [-0.25, -0.2) is 4.99 Å². The number of benzene rings is 1. The molecule has 0 bridgehead atoms. The Balaban J connectivity index is 0.00000180. The van der Waals surface area contributed by atoms with Gasteiger partial charge in [0, 0.05) is 24.8 Å². The average molecular weight is 287 g/mol. The van der Waals surface area contributed by atoms with E-state index in [2.05, 4.69) is 9.89 Å². The number of hydrogen-bond acceptors (Lipinski definition) is 4. The molecule has 1 fully saturated rings. The van der Waals surface area contributed by atoms with Crippen molar-refractivity contribution >= 4 is 29.7 Å². The molecule has 106 valence electrons. The van der Waals surface area contributed by atoms with Gasteiger partial charge in [0.1, 0.15) is 11.4 Å². The van der Waals surface area contributed by atoms with Crippen LogP contribution in [-0.4, -0.2) is 39.4 Å². The third-order valence-electron chi connectivity index (χ3n) is 2.79. The lowest BCUT2D eigenvalue weighted by Crippen LogP contribution is -2.36. The van der Waals surface area contributed by atoms with Gasteiger partial charge in [-0.05, 0) is 12.1 Å². The van der Waals surface area contributed by atoms with E-state index in [0.29, 0.717) is 11.4 Å². The van der Waals surface area contributed by atoms with Crippen molar-refractivity contribution in [3.8, 4) is 5.75 Å². The Hall–Kier alpha value is -1.66. The van der Waals surface area contributed by atoms with Crippen molar-refractivity contribution in [3.05, 3.63) is 18.2 Å². The average Bonchev–Trinajstić information content (AvgIpc) is 2.39. The fourth-order valence-corrected chi connectivity index (χ4v) is 1.92. The zero-order chi connectivity index (χ0) is 13.0. The van der Waals surface area contributed by atoms with E-state index in [4.69, 9.17) is 20.9 Å². The molecular formula is C12H19ClN4O2. The topological polar surface area (TPSA) is 86.1 Å². The van der Waals surface area contributed by atoms with Crippen LogP contribution in [0, 0.1) is 0 Å². The van der Waals surface area contributed by atoms with Crippen molar-refractivity contribution in [1.82, 2.24) is 0 Å². The summed E-state index contributed by atoms with van der Waals surface area (Å²) in [5, 5.41) is 0. The second-order valence-electron chi connectivity index (χ2n) is 3.99. The van der Waals surface area contributed by atoms with Crippen LogP contribution in [0.25, 0.3) is 0 Å². The van der Waals surface area contributed by atoms with E-state index in [1.807, 2.05) is 18.2 Å². The van der Waals surface area contributed by atoms with Gasteiger partial charge < -0.3 is 25.8 Å². The maximum Gasteiger partial charge on any atom is 0.191 e. The van der Waals surface area contributed by atoms with Crippen LogP contribution in [0.4, 0.5) is 11.4 Å². The lowest BCUT2D eigenvalue weighted by atomic mass is 10.2. The lowest BCUT2D eigenvalue weighted by Gasteiger charge is -2.29. The minimum Gasteiger partial charge on any atom is -0.494 e. The highest BCUT2D eigenvalue weighted by Gasteiger charge is 2.13. The number of rotatable bonds is 3. The molecule has 1 aliphatic rings. The number of nitrogens with zero attached hydrogens (tertiary/aromatic N) is 2. The molecule has 1 aliphatic heterocycles. The van der Waals surface area contributed by atoms with Crippen LogP contribution in [0.2, 0.25) is 0 Å². The number of hydrogen-bond donors (Lipinski definition) is 2. The van der Waals surface area contributed by atoms with Gasteiger partial charge in [0.25, 0.3) is 0 Å². The summed E-state index contributed by atoms with van der Waals surface area (Å²) < 4.78 is 10.6. The number of halogens is 1. The lowest BCUT2D eigenvalue weighted by molar-refractivity contribution is 0.122. The summed E-state index contributed by atoms with van der Waals surface area (Å²) in [7, 11) is 1.60. The van der Waals surface area contributed by atoms with Gasteiger partial charge in [0.2, 0.25) is 0 Å². The molecule has 4 N–H and O–H groups in total. The summed E-state index contributed by atoms with van der Waals surface area (Å²) in [6.45, 7) is 3.26. The molecule has 0 aromatic heterocycles. The fourth-order valence-electron chi connectivity index (χ4n) is 1.92. The minimum absolute atomic E-state index is 0. The van der Waals surface area contributed by atoms with Gasteiger partial charge in [0.15, 0.2) is 5.96 Å². The Morgan fingerprint density at radius 1 is 1.32 bits per heavy atom. The highest BCUT2D eigenvalue weighted by Crippen LogP contribution is 2.32. The first-order valence-electron chi connectivity index (χ1n) is 5.81. The second kappa shape index (κ2) is 7.06. The van der Waals surface area contributed by atoms with Crippen LogP contribution in [0.15, 0.2) is 23.2 Å². The summed E-state index contributed by atoms with van der Waals surface area (Å²) in [4.78, 5) is 6.26. The third kappa shape index (κ3) is 3.90. The fraction of sp³-hybridized carbons (Fsp3) is 0.417. The number of methoxy groups -OCH3 is 1. The van der Waals surface area contributed by atoms with Crippen LogP contribution >= 0.6 is 12.4 Å². The summed E-state index contributed by atoms with van der Waals surface area (Å²) in [6.07, 6.45) is 0. The molecule has 0 atom stereocenters. The monoisotopic (exact) mass is 286 g/mol. The molecule has 0 spiro atoms. The Morgan fingerprint density at radius 2 is 2.00 bits per heavy atom. The first-order chi connectivity index (χ1) is 8.70. The molecule has 7 heteroatoms. The van der Waals surface area contributed by atoms with E-state index in [1.165, 1.54) is 0 Å². The quantitative estimate of drug-likeness (QED) is 0.636. The van der Waals surface area contributed by atoms with Crippen molar-refractivity contribution < 1.29 is 9.47 Å². The van der Waals surface area contributed by atoms with Gasteiger partial charge in [-0.1, -0.05) is 0 Å². The maximum absolute atomic E-state index is 5.37. The molecule has 2 rings (SSSR count). The number of anilines is 1. The molecule has 0 amide bonds. The number of aliphatic imine (C=N–C) groups is 1. The van der Waals surface area contributed by atoms with E-state index in [0.717, 1.165) is 32.0 Å². The first-order valence-corrected chi connectivity index (χ1v) is 5.81. The second-order valence-corrected chi connectivity index (χ2v) is 3.99. The molecular weight excluding hydrogens is 268 g/mol. The Kier molecular flexibility index (Phi) is 5.72. The third-order valence-corrected chi connectivity index (χ3v) is 2.79. The largest absolute Gasteiger partial charge is 0.494 e. The number of nitrogens with two attached hydrogens (primary N) is 2. The molecule has 0 radical (unpaired) electrons. The minimum atomic E-state index is 0. The number of morpholine rings is 1. The summed E-state index contributed by atoms with van der Waals surface area (Å²) in [6, 6.07) is 5.77. The van der Waals surface area contributed by atoms with Crippen molar-refractivity contribution in [2.75, 3.05) is 38.3 Å². The molecule has 1 heterocycles. The van der Waals surface area contributed by atoms with Crippen LogP contribution in [0.5, 0.6) is 5.75 Å². The van der Waals surface area contributed by atoms with Gasteiger partial charge in [0.05, 0.1) is 20.3 Å². The van der Waals surface area contributed by atoms with E-state index >= 15 is 0 Å². The normalized spacial score (nSPS) is 14.5. The maximum atomic E-state index is 5.37. The van der Waals surface area contributed by atoms with Crippen molar-refractivity contribution in [1.29, 1.82) is 0 Å². The van der Waals surface area contributed by atoms with Gasteiger partial charge >= 0.3 is 0 Å². The molecule has 1 aromatic carbocycles. The van der Waals surface area contributed by atoms with Gasteiger partial charge in [-0.2, -0.15) is 0 Å². The standard InChI is InChI=1S/C12H18N4O2.ClH/c1-17-11-8-9(16-4-6-18-7-5-16)2-3-10(11)15-12(13)14;/h2-3,8H,4-7H2,1H3,(H4,13,14,15);1H. The van der Waals surface area contributed by atoms with E-state index in [9.17, 15) is 0 Å². The van der Waals surface area contributed by atoms with E-state index in [1.54, 1.807) is 7.11 Å². The van der Waals surface area contributed by atoms with E-state index < -0.39 is 0 Å². The zero-order valence-corrected chi connectivity index (χ0v) is 11.7. The van der Waals surface area contributed by atoms with Gasteiger partial charge in [-0.3, -0.25) is 0 Å². The van der Waals surface area contributed by atoms with Crippen LogP contribution < -0.4 is 21.1 Å². The van der Waals surface area contributed by atoms with Gasteiger partial charge in [-0.15, -0.1) is 12.4 Å². The van der Waals surface area contributed by atoms with Crippen molar-refractivity contribution in [3.63, 3.8) is 0 Å². The summed E-state index contributed by atoms with van der Waals surface area (Å²) in [5.41, 5.74) is 12.5. The molecule has 1 saturated heterocycles. The highest BCUT2D eigenvalue weighted by molar-refractivity contribution is 5.85. The van der Waals surface area contributed by atoms with Crippen molar-refractivity contribution in [2.24, 2.45) is 16.5 Å². The molecule has 19 heavy (non-hydrogen) atoms. The Labute approximate surface area is 118 Å². The molecule has 1 aromatic rings. The molecule has 0 aliphatic carbocycles. The van der Waals surface area contributed by atoms with Crippen LogP contribution in [0.1, 0.15) is 0 Å². The molecule has 0 saturated carbocycles. The van der Waals surface area contributed by atoms with Crippen LogP contribution in [-0.2, 0) is 4.74 Å². The van der Waals surface area contributed by atoms with Crippen molar-refractivity contribution in [2.45, 2.75) is 0 Å². The first kappa shape index (κ1) is 15.4. The molecule has 6 nitrogen and oxygen atoms in total. The number of ether oxygens (including phenoxy) is 2. The van der Waals surface area contributed by atoms with Crippen LogP contribution in [0.3, 0.4) is 0 Å².